The summed E-state index contributed by atoms with van der Waals surface area (Å²) in [5.74, 6) is 0.543. The quantitative estimate of drug-likeness (QED) is 0.885. The van der Waals surface area contributed by atoms with Crippen LogP contribution in [0.15, 0.2) is 30.5 Å². The Morgan fingerprint density at radius 1 is 1.36 bits per heavy atom. The molecule has 0 aliphatic heterocycles. The summed E-state index contributed by atoms with van der Waals surface area (Å²) in [6.07, 6.45) is 1.59. The highest BCUT2D eigenvalue weighted by Crippen LogP contribution is 2.29. The van der Waals surface area contributed by atoms with Crippen LogP contribution in [0.2, 0.25) is 5.02 Å². The van der Waals surface area contributed by atoms with Gasteiger partial charge in [-0.1, -0.05) is 17.7 Å². The lowest BCUT2D eigenvalue weighted by molar-refractivity contribution is 0.303. The standard InChI is InChI=1S/C15H18ClFN4O/c1-21(2)12(14-10(16)5-4-6-11(14)17)9-19-15-18-8-7-13(20-15)22-3/h4-8,12H,9H2,1-3H3,(H,18,19,20)/t12-/m1/s1. The van der Waals surface area contributed by atoms with E-state index in [1.54, 1.807) is 24.4 Å². The van der Waals surface area contributed by atoms with Gasteiger partial charge in [-0.05, 0) is 26.2 Å². The predicted octanol–water partition coefficient (Wildman–Crippen LogP) is 2.99. The second-order valence-electron chi connectivity index (χ2n) is 4.92. The molecule has 1 aromatic carbocycles. The fraction of sp³-hybridized carbons (Fsp3) is 0.333. The predicted molar refractivity (Wildman–Crippen MR) is 84.9 cm³/mol. The van der Waals surface area contributed by atoms with Crippen molar-refractivity contribution in [2.45, 2.75) is 6.04 Å². The van der Waals surface area contributed by atoms with Crippen molar-refractivity contribution < 1.29 is 9.13 Å². The number of rotatable bonds is 6. The second-order valence-corrected chi connectivity index (χ2v) is 5.33. The SMILES string of the molecule is COc1ccnc(NC[C@H](c2c(F)cccc2Cl)N(C)C)n1. The lowest BCUT2D eigenvalue weighted by atomic mass is 10.1. The van der Waals surface area contributed by atoms with Crippen LogP contribution in [0.1, 0.15) is 11.6 Å². The molecule has 1 heterocycles. The van der Waals surface area contributed by atoms with Crippen molar-refractivity contribution in [3.05, 3.63) is 46.9 Å². The van der Waals surface area contributed by atoms with Crippen LogP contribution in [0.3, 0.4) is 0 Å². The lowest BCUT2D eigenvalue weighted by Crippen LogP contribution is -2.28. The number of hydrogen-bond donors (Lipinski definition) is 1. The maximum atomic E-state index is 14.1. The molecular weight excluding hydrogens is 307 g/mol. The van der Waals surface area contributed by atoms with E-state index in [2.05, 4.69) is 15.3 Å². The Morgan fingerprint density at radius 3 is 2.77 bits per heavy atom. The fourth-order valence-electron chi connectivity index (χ4n) is 2.10. The van der Waals surface area contributed by atoms with E-state index in [4.69, 9.17) is 16.3 Å². The summed E-state index contributed by atoms with van der Waals surface area (Å²) < 4.78 is 19.2. The maximum absolute atomic E-state index is 14.1. The summed E-state index contributed by atoms with van der Waals surface area (Å²) >= 11 is 6.15. The minimum Gasteiger partial charge on any atom is -0.481 e. The van der Waals surface area contributed by atoms with E-state index in [1.807, 2.05) is 19.0 Å². The highest BCUT2D eigenvalue weighted by atomic mass is 35.5. The first-order chi connectivity index (χ1) is 10.5. The molecule has 5 nitrogen and oxygen atoms in total. The van der Waals surface area contributed by atoms with Crippen molar-refractivity contribution in [2.24, 2.45) is 0 Å². The monoisotopic (exact) mass is 324 g/mol. The third-order valence-corrected chi connectivity index (χ3v) is 3.58. The van der Waals surface area contributed by atoms with Crippen molar-refractivity contribution in [1.29, 1.82) is 0 Å². The van der Waals surface area contributed by atoms with Crippen LogP contribution in [0.4, 0.5) is 10.3 Å². The first-order valence-corrected chi connectivity index (χ1v) is 7.12. The smallest absolute Gasteiger partial charge is 0.226 e. The molecule has 0 aliphatic rings. The highest BCUT2D eigenvalue weighted by molar-refractivity contribution is 6.31. The van der Waals surface area contributed by atoms with Crippen LogP contribution in [0.5, 0.6) is 5.88 Å². The van der Waals surface area contributed by atoms with Crippen molar-refractivity contribution in [3.8, 4) is 5.88 Å². The van der Waals surface area contributed by atoms with Crippen LogP contribution < -0.4 is 10.1 Å². The van der Waals surface area contributed by atoms with Crippen LogP contribution in [-0.4, -0.2) is 42.6 Å². The van der Waals surface area contributed by atoms with E-state index in [0.717, 1.165) is 0 Å². The van der Waals surface area contributed by atoms with Crippen LogP contribution in [-0.2, 0) is 0 Å². The Balaban J connectivity index is 2.19. The van der Waals surface area contributed by atoms with Gasteiger partial charge in [0.15, 0.2) is 0 Å². The Hall–Kier alpha value is -1.92. The number of anilines is 1. The van der Waals surface area contributed by atoms with Crippen molar-refractivity contribution in [1.82, 2.24) is 14.9 Å². The van der Waals surface area contributed by atoms with Gasteiger partial charge in [-0.3, -0.25) is 0 Å². The number of halogens is 2. The summed E-state index contributed by atoms with van der Waals surface area (Å²) in [4.78, 5) is 10.2. The van der Waals surface area contributed by atoms with Gasteiger partial charge in [0.25, 0.3) is 0 Å². The number of benzene rings is 1. The van der Waals surface area contributed by atoms with Gasteiger partial charge in [-0.2, -0.15) is 4.98 Å². The number of ether oxygens (including phenoxy) is 1. The molecule has 118 valence electrons. The molecule has 0 unspecified atom stereocenters. The molecule has 1 atom stereocenters. The average molecular weight is 325 g/mol. The molecule has 0 saturated heterocycles. The van der Waals surface area contributed by atoms with Gasteiger partial charge in [-0.15, -0.1) is 0 Å². The van der Waals surface area contributed by atoms with Gasteiger partial charge in [0.2, 0.25) is 11.8 Å². The number of nitrogens with one attached hydrogen (secondary N) is 1. The fourth-order valence-corrected chi connectivity index (χ4v) is 2.39. The summed E-state index contributed by atoms with van der Waals surface area (Å²) in [7, 11) is 5.26. The Bertz CT molecular complexity index is 618. The molecule has 22 heavy (non-hydrogen) atoms. The summed E-state index contributed by atoms with van der Waals surface area (Å²) in [5.41, 5.74) is 0.449. The molecule has 1 aromatic heterocycles. The zero-order chi connectivity index (χ0) is 16.1. The second kappa shape index (κ2) is 7.38. The minimum absolute atomic E-state index is 0.261. The zero-order valence-corrected chi connectivity index (χ0v) is 13.4. The van der Waals surface area contributed by atoms with E-state index in [9.17, 15) is 4.39 Å². The topological polar surface area (TPSA) is 50.3 Å². The molecular formula is C15H18ClFN4O. The molecule has 0 bridgehead atoms. The third-order valence-electron chi connectivity index (χ3n) is 3.25. The minimum atomic E-state index is -0.334. The molecule has 0 radical (unpaired) electrons. The third kappa shape index (κ3) is 3.84. The van der Waals surface area contributed by atoms with Crippen molar-refractivity contribution in [2.75, 3.05) is 33.1 Å². The van der Waals surface area contributed by atoms with Gasteiger partial charge in [0, 0.05) is 29.4 Å². The summed E-state index contributed by atoms with van der Waals surface area (Å²) in [6, 6.07) is 6.07. The lowest BCUT2D eigenvalue weighted by Gasteiger charge is -2.26. The van der Waals surface area contributed by atoms with Crippen LogP contribution in [0, 0.1) is 5.82 Å². The van der Waals surface area contributed by atoms with Gasteiger partial charge >= 0.3 is 0 Å². The number of hydrogen-bond acceptors (Lipinski definition) is 5. The van der Waals surface area contributed by atoms with Gasteiger partial charge in [-0.25, -0.2) is 9.37 Å². The van der Waals surface area contributed by atoms with Gasteiger partial charge < -0.3 is 15.0 Å². The Kier molecular flexibility index (Phi) is 5.51. The molecule has 0 saturated carbocycles. The summed E-state index contributed by atoms with van der Waals surface area (Å²) in [6.45, 7) is 0.404. The van der Waals surface area contributed by atoms with Crippen molar-refractivity contribution in [3.63, 3.8) is 0 Å². The number of likely N-dealkylation sites (N-methyl/N-ethyl adjacent to an activating group) is 1. The largest absolute Gasteiger partial charge is 0.481 e. The maximum Gasteiger partial charge on any atom is 0.226 e. The normalized spacial score (nSPS) is 12.3. The Morgan fingerprint density at radius 2 is 2.14 bits per heavy atom. The van der Waals surface area contributed by atoms with E-state index < -0.39 is 0 Å². The van der Waals surface area contributed by atoms with E-state index in [-0.39, 0.29) is 11.9 Å². The van der Waals surface area contributed by atoms with E-state index >= 15 is 0 Å². The molecule has 2 aromatic rings. The Labute approximate surface area is 134 Å². The number of methoxy groups -OCH3 is 1. The molecule has 0 amide bonds. The average Bonchev–Trinajstić information content (AvgIpc) is 2.50. The molecule has 7 heteroatoms. The first kappa shape index (κ1) is 16.5. The van der Waals surface area contributed by atoms with Gasteiger partial charge in [0.05, 0.1) is 13.2 Å². The zero-order valence-electron chi connectivity index (χ0n) is 12.7. The van der Waals surface area contributed by atoms with Crippen LogP contribution >= 0.6 is 11.6 Å². The molecule has 0 aliphatic carbocycles. The molecule has 0 fully saturated rings. The van der Waals surface area contributed by atoms with Crippen LogP contribution in [0.25, 0.3) is 0 Å². The van der Waals surface area contributed by atoms with Gasteiger partial charge in [0.1, 0.15) is 5.82 Å². The highest BCUT2D eigenvalue weighted by Gasteiger charge is 2.21. The number of nitrogens with zero attached hydrogens (tertiary/aromatic N) is 3. The first-order valence-electron chi connectivity index (χ1n) is 6.74. The number of aromatic nitrogens is 2. The van der Waals surface area contributed by atoms with Crippen molar-refractivity contribution >= 4 is 17.5 Å². The summed E-state index contributed by atoms with van der Waals surface area (Å²) in [5, 5.41) is 3.48. The van der Waals surface area contributed by atoms with E-state index in [0.29, 0.717) is 29.0 Å². The molecule has 0 spiro atoms. The molecule has 1 N–H and O–H groups in total. The van der Waals surface area contributed by atoms with E-state index in [1.165, 1.54) is 13.2 Å². The molecule has 2 rings (SSSR count).